The molecule has 0 aliphatic heterocycles. The van der Waals surface area contributed by atoms with E-state index in [1.807, 2.05) is 56.4 Å². The summed E-state index contributed by atoms with van der Waals surface area (Å²) in [5, 5.41) is 4.04. The fourth-order valence-corrected chi connectivity index (χ4v) is 3.17. The van der Waals surface area contributed by atoms with E-state index in [1.54, 1.807) is 11.1 Å². The Morgan fingerprint density at radius 3 is 2.64 bits per heavy atom. The zero-order valence-electron chi connectivity index (χ0n) is 16.6. The predicted octanol–water partition coefficient (Wildman–Crippen LogP) is 4.37. The summed E-state index contributed by atoms with van der Waals surface area (Å²) in [5.41, 5.74) is 3.03. The van der Waals surface area contributed by atoms with E-state index in [9.17, 15) is 4.79 Å². The molecule has 3 aromatic rings. The van der Waals surface area contributed by atoms with Crippen LogP contribution >= 0.6 is 0 Å². The zero-order chi connectivity index (χ0) is 19.9. The Labute approximate surface area is 165 Å². The molecule has 0 saturated carbocycles. The first-order valence-electron chi connectivity index (χ1n) is 9.64. The van der Waals surface area contributed by atoms with Crippen molar-refractivity contribution in [1.29, 1.82) is 0 Å². The molecular formula is C22H26N4O2. The minimum Gasteiger partial charge on any atom is -0.339 e. The molecule has 0 bridgehead atoms. The minimum absolute atomic E-state index is 0.00903. The number of carbonyl (C=O) groups excluding carboxylic acids is 1. The van der Waals surface area contributed by atoms with Gasteiger partial charge in [-0.25, -0.2) is 0 Å². The monoisotopic (exact) mass is 378 g/mol. The van der Waals surface area contributed by atoms with E-state index in [4.69, 9.17) is 4.52 Å². The first kappa shape index (κ1) is 19.7. The Kier molecular flexibility index (Phi) is 6.53. The lowest BCUT2D eigenvalue weighted by molar-refractivity contribution is -0.132. The van der Waals surface area contributed by atoms with Crippen LogP contribution in [0.4, 0.5) is 0 Å². The SMILES string of the molecule is CCC(c1ccccn1)N(C)C(=O)CCCc1nc(-c2ccc(C)cc2)no1. The third-order valence-electron chi connectivity index (χ3n) is 4.84. The number of pyridine rings is 1. The van der Waals surface area contributed by atoms with Crippen LogP contribution in [0.1, 0.15) is 49.4 Å². The van der Waals surface area contributed by atoms with E-state index in [0.717, 1.165) is 17.7 Å². The number of carbonyl (C=O) groups is 1. The van der Waals surface area contributed by atoms with E-state index >= 15 is 0 Å². The van der Waals surface area contributed by atoms with Crippen LogP contribution in [0.3, 0.4) is 0 Å². The molecule has 3 rings (SSSR count). The second-order valence-corrected chi connectivity index (χ2v) is 6.91. The molecule has 0 fully saturated rings. The fraction of sp³-hybridized carbons (Fsp3) is 0.364. The molecule has 2 heterocycles. The number of amides is 1. The molecule has 0 spiro atoms. The molecule has 6 heteroatoms. The molecular weight excluding hydrogens is 352 g/mol. The Hall–Kier alpha value is -3.02. The van der Waals surface area contributed by atoms with E-state index < -0.39 is 0 Å². The summed E-state index contributed by atoms with van der Waals surface area (Å²) in [6.45, 7) is 4.10. The molecule has 0 N–H and O–H groups in total. The first-order chi connectivity index (χ1) is 13.6. The van der Waals surface area contributed by atoms with Crippen molar-refractivity contribution in [1.82, 2.24) is 20.0 Å². The van der Waals surface area contributed by atoms with Gasteiger partial charge in [0.1, 0.15) is 0 Å². The molecule has 0 aliphatic rings. The van der Waals surface area contributed by atoms with E-state index in [0.29, 0.717) is 31.0 Å². The van der Waals surface area contributed by atoms with Crippen molar-refractivity contribution in [3.63, 3.8) is 0 Å². The lowest BCUT2D eigenvalue weighted by atomic mass is 10.1. The van der Waals surface area contributed by atoms with Crippen LogP contribution in [-0.2, 0) is 11.2 Å². The number of benzene rings is 1. The van der Waals surface area contributed by atoms with Gasteiger partial charge in [-0.15, -0.1) is 0 Å². The Morgan fingerprint density at radius 2 is 1.96 bits per heavy atom. The van der Waals surface area contributed by atoms with Crippen LogP contribution < -0.4 is 0 Å². The standard InChI is InChI=1S/C22H26N4O2/c1-4-19(18-8-5-6-15-23-18)26(3)21(27)10-7-9-20-24-22(25-28-20)17-13-11-16(2)12-14-17/h5-6,8,11-15,19H,4,7,9-10H2,1-3H3. The Bertz CT molecular complexity index is 890. The van der Waals surface area contributed by atoms with Crippen molar-refractivity contribution in [2.75, 3.05) is 7.05 Å². The van der Waals surface area contributed by atoms with Gasteiger partial charge in [0.25, 0.3) is 0 Å². The van der Waals surface area contributed by atoms with E-state index in [-0.39, 0.29) is 11.9 Å². The highest BCUT2D eigenvalue weighted by Gasteiger charge is 2.21. The number of aromatic nitrogens is 3. The second-order valence-electron chi connectivity index (χ2n) is 6.91. The van der Waals surface area contributed by atoms with Crippen molar-refractivity contribution in [3.05, 3.63) is 65.8 Å². The molecule has 0 radical (unpaired) electrons. The van der Waals surface area contributed by atoms with Crippen LogP contribution in [0.5, 0.6) is 0 Å². The van der Waals surface area contributed by atoms with Crippen LogP contribution in [0.2, 0.25) is 0 Å². The molecule has 1 unspecified atom stereocenters. The molecule has 146 valence electrons. The third-order valence-corrected chi connectivity index (χ3v) is 4.84. The van der Waals surface area contributed by atoms with Crippen molar-refractivity contribution >= 4 is 5.91 Å². The van der Waals surface area contributed by atoms with Gasteiger partial charge >= 0.3 is 0 Å². The van der Waals surface area contributed by atoms with Gasteiger partial charge in [-0.3, -0.25) is 9.78 Å². The fourth-order valence-electron chi connectivity index (χ4n) is 3.17. The normalized spacial score (nSPS) is 12.0. The lowest BCUT2D eigenvalue weighted by Crippen LogP contribution is -2.31. The summed E-state index contributed by atoms with van der Waals surface area (Å²) in [6, 6.07) is 13.8. The second kappa shape index (κ2) is 9.26. The average Bonchev–Trinajstić information content (AvgIpc) is 3.18. The van der Waals surface area contributed by atoms with Crippen LogP contribution in [0.25, 0.3) is 11.4 Å². The van der Waals surface area contributed by atoms with Crippen LogP contribution in [0.15, 0.2) is 53.2 Å². The quantitative estimate of drug-likeness (QED) is 0.582. The van der Waals surface area contributed by atoms with Gasteiger partial charge in [0.05, 0.1) is 11.7 Å². The third kappa shape index (κ3) is 4.82. The average molecular weight is 378 g/mol. The number of hydrogen-bond acceptors (Lipinski definition) is 5. The molecule has 1 atom stereocenters. The maximum absolute atomic E-state index is 12.6. The molecule has 0 saturated heterocycles. The summed E-state index contributed by atoms with van der Waals surface area (Å²) < 4.78 is 5.33. The van der Waals surface area contributed by atoms with Gasteiger partial charge < -0.3 is 9.42 Å². The maximum Gasteiger partial charge on any atom is 0.226 e. The topological polar surface area (TPSA) is 72.1 Å². The summed E-state index contributed by atoms with van der Waals surface area (Å²) in [5.74, 6) is 1.23. The van der Waals surface area contributed by atoms with Crippen molar-refractivity contribution in [2.24, 2.45) is 0 Å². The van der Waals surface area contributed by atoms with Crippen molar-refractivity contribution < 1.29 is 9.32 Å². The molecule has 28 heavy (non-hydrogen) atoms. The maximum atomic E-state index is 12.6. The predicted molar refractivity (Wildman–Crippen MR) is 107 cm³/mol. The molecule has 1 aromatic carbocycles. The van der Waals surface area contributed by atoms with Gasteiger partial charge in [-0.2, -0.15) is 4.98 Å². The lowest BCUT2D eigenvalue weighted by Gasteiger charge is -2.27. The summed E-state index contributed by atoms with van der Waals surface area (Å²) >= 11 is 0. The largest absolute Gasteiger partial charge is 0.339 e. The van der Waals surface area contributed by atoms with E-state index in [2.05, 4.69) is 22.0 Å². The van der Waals surface area contributed by atoms with Crippen molar-refractivity contribution in [3.8, 4) is 11.4 Å². The molecule has 1 amide bonds. The highest BCUT2D eigenvalue weighted by Crippen LogP contribution is 2.22. The molecule has 2 aromatic heterocycles. The zero-order valence-corrected chi connectivity index (χ0v) is 16.6. The molecule has 6 nitrogen and oxygen atoms in total. The Balaban J connectivity index is 1.53. The summed E-state index contributed by atoms with van der Waals surface area (Å²) in [6.07, 6.45) is 4.26. The smallest absolute Gasteiger partial charge is 0.226 e. The summed E-state index contributed by atoms with van der Waals surface area (Å²) in [7, 11) is 1.84. The van der Waals surface area contributed by atoms with Crippen LogP contribution in [0, 0.1) is 6.92 Å². The van der Waals surface area contributed by atoms with Gasteiger partial charge in [-0.1, -0.05) is 48.0 Å². The number of aryl methyl sites for hydroxylation is 2. The Morgan fingerprint density at radius 1 is 1.18 bits per heavy atom. The minimum atomic E-state index is -0.00903. The first-order valence-corrected chi connectivity index (χ1v) is 9.64. The number of nitrogens with zero attached hydrogens (tertiary/aromatic N) is 4. The van der Waals surface area contributed by atoms with Gasteiger partial charge in [0.2, 0.25) is 17.6 Å². The van der Waals surface area contributed by atoms with Gasteiger partial charge in [0.15, 0.2) is 0 Å². The van der Waals surface area contributed by atoms with Crippen molar-refractivity contribution in [2.45, 2.75) is 45.6 Å². The highest BCUT2D eigenvalue weighted by atomic mass is 16.5. The summed E-state index contributed by atoms with van der Waals surface area (Å²) in [4.78, 5) is 23.2. The van der Waals surface area contributed by atoms with E-state index in [1.165, 1.54) is 5.56 Å². The number of rotatable bonds is 8. The van der Waals surface area contributed by atoms with Crippen LogP contribution in [-0.4, -0.2) is 33.0 Å². The van der Waals surface area contributed by atoms with Gasteiger partial charge in [-0.05, 0) is 31.9 Å². The highest BCUT2D eigenvalue weighted by molar-refractivity contribution is 5.76. The molecule has 0 aliphatic carbocycles. The van der Waals surface area contributed by atoms with Gasteiger partial charge in [0, 0.05) is 31.6 Å². The number of hydrogen-bond donors (Lipinski definition) is 0.